The highest BCUT2D eigenvalue weighted by Crippen LogP contribution is 2.24. The van der Waals surface area contributed by atoms with Gasteiger partial charge in [0.25, 0.3) is 15.9 Å². The van der Waals surface area contributed by atoms with Gasteiger partial charge in [-0.1, -0.05) is 30.3 Å². The minimum Gasteiger partial charge on any atom is -0.378 e. The van der Waals surface area contributed by atoms with Crippen molar-refractivity contribution in [2.24, 2.45) is 0 Å². The molecule has 0 aliphatic carbocycles. The summed E-state index contributed by atoms with van der Waals surface area (Å²) in [7, 11) is 0.210. The molecule has 8 nitrogen and oxygen atoms in total. The summed E-state index contributed by atoms with van der Waals surface area (Å²) in [6, 6.07) is 23.8. The Balaban J connectivity index is 1.19. The van der Waals surface area contributed by atoms with Crippen LogP contribution in [0.2, 0.25) is 0 Å². The summed E-state index contributed by atoms with van der Waals surface area (Å²) in [4.78, 5) is 23.7. The molecule has 2 heterocycles. The van der Waals surface area contributed by atoms with Gasteiger partial charge in [0, 0.05) is 75.3 Å². The van der Waals surface area contributed by atoms with Crippen LogP contribution in [0.1, 0.15) is 15.9 Å². The Bertz CT molecular complexity index is 1520. The zero-order valence-corrected chi connectivity index (χ0v) is 22.4. The van der Waals surface area contributed by atoms with Gasteiger partial charge < -0.3 is 9.80 Å². The highest BCUT2D eigenvalue weighted by Gasteiger charge is 2.23. The first-order valence-corrected chi connectivity index (χ1v) is 14.0. The molecule has 1 aromatic heterocycles. The van der Waals surface area contributed by atoms with Crippen LogP contribution in [0, 0.1) is 0 Å². The van der Waals surface area contributed by atoms with Crippen molar-refractivity contribution in [2.75, 3.05) is 49.9 Å². The average Bonchev–Trinajstić information content (AvgIpc) is 2.93. The Kier molecular flexibility index (Phi) is 7.31. The third kappa shape index (κ3) is 5.64. The Morgan fingerprint density at radius 3 is 2.26 bits per heavy atom. The number of benzene rings is 3. The minimum absolute atomic E-state index is 0.0485. The van der Waals surface area contributed by atoms with Gasteiger partial charge in [-0.25, -0.2) is 8.42 Å². The number of aromatic nitrogens is 1. The van der Waals surface area contributed by atoms with Crippen LogP contribution in [0.25, 0.3) is 10.9 Å². The normalized spacial score (nSPS) is 14.4. The molecule has 3 aromatic carbocycles. The number of para-hydroxylation sites is 1. The molecule has 38 heavy (non-hydrogen) atoms. The smallest absolute Gasteiger partial charge is 0.264 e. The summed E-state index contributed by atoms with van der Waals surface area (Å²) < 4.78 is 28.7. The number of hydrogen-bond donors (Lipinski definition) is 1. The molecule has 0 saturated carbocycles. The number of sulfonamides is 1. The Labute approximate surface area is 223 Å². The van der Waals surface area contributed by atoms with E-state index in [1.165, 1.54) is 17.3 Å². The fraction of sp³-hybridized carbons (Fsp3) is 0.241. The quantitative estimate of drug-likeness (QED) is 0.389. The molecule has 0 bridgehead atoms. The van der Waals surface area contributed by atoms with E-state index in [-0.39, 0.29) is 10.8 Å². The topological polar surface area (TPSA) is 85.9 Å². The molecular formula is C29H31N5O3S. The number of amides is 1. The molecule has 5 rings (SSSR count). The van der Waals surface area contributed by atoms with E-state index in [0.717, 1.165) is 25.0 Å². The number of fused-ring (bicyclic) bond motifs is 1. The van der Waals surface area contributed by atoms with Crippen molar-refractivity contribution in [3.63, 3.8) is 0 Å². The first-order chi connectivity index (χ1) is 18.3. The van der Waals surface area contributed by atoms with Gasteiger partial charge >= 0.3 is 0 Å². The molecule has 0 radical (unpaired) electrons. The number of nitrogens with one attached hydrogen (secondary N) is 1. The number of carbonyl (C=O) groups excluding carboxylic acids is 1. The molecule has 196 valence electrons. The summed E-state index contributed by atoms with van der Waals surface area (Å²) in [6.45, 7) is 3.77. The fourth-order valence-corrected chi connectivity index (χ4v) is 5.87. The maximum Gasteiger partial charge on any atom is 0.264 e. The molecular weight excluding hydrogens is 498 g/mol. The van der Waals surface area contributed by atoms with Gasteiger partial charge in [0.05, 0.1) is 5.52 Å². The number of rotatable bonds is 7. The van der Waals surface area contributed by atoms with Crippen molar-refractivity contribution < 1.29 is 13.2 Å². The van der Waals surface area contributed by atoms with Crippen molar-refractivity contribution in [1.29, 1.82) is 0 Å². The number of carbonyl (C=O) groups is 1. The highest BCUT2D eigenvalue weighted by atomic mass is 32.2. The fourth-order valence-electron chi connectivity index (χ4n) is 4.63. The van der Waals surface area contributed by atoms with Gasteiger partial charge in [0.1, 0.15) is 4.90 Å². The van der Waals surface area contributed by atoms with Gasteiger partial charge in [-0.15, -0.1) is 0 Å². The third-order valence-corrected chi connectivity index (χ3v) is 8.20. The summed E-state index contributed by atoms with van der Waals surface area (Å²) in [5, 5.41) is 0.749. The average molecular weight is 530 g/mol. The predicted molar refractivity (Wildman–Crippen MR) is 151 cm³/mol. The highest BCUT2D eigenvalue weighted by molar-refractivity contribution is 7.93. The van der Waals surface area contributed by atoms with Crippen molar-refractivity contribution in [3.05, 3.63) is 96.2 Å². The van der Waals surface area contributed by atoms with E-state index in [9.17, 15) is 13.2 Å². The molecule has 1 aliphatic rings. The van der Waals surface area contributed by atoms with E-state index in [1.807, 2.05) is 31.1 Å². The third-order valence-electron chi connectivity index (χ3n) is 6.79. The Morgan fingerprint density at radius 2 is 1.58 bits per heavy atom. The second kappa shape index (κ2) is 10.8. The summed E-state index contributed by atoms with van der Waals surface area (Å²) in [5.74, 6) is -0.0485. The summed E-state index contributed by atoms with van der Waals surface area (Å²) in [5.41, 5.74) is 3.77. The van der Waals surface area contributed by atoms with E-state index >= 15 is 0 Å². The second-order valence-electron chi connectivity index (χ2n) is 9.64. The number of piperazine rings is 1. The number of hydrogen-bond acceptors (Lipinski definition) is 6. The second-order valence-corrected chi connectivity index (χ2v) is 11.3. The zero-order valence-electron chi connectivity index (χ0n) is 21.5. The van der Waals surface area contributed by atoms with Crippen LogP contribution in [-0.4, -0.2) is 69.4 Å². The number of anilines is 2. The van der Waals surface area contributed by atoms with E-state index < -0.39 is 10.0 Å². The molecule has 0 unspecified atom stereocenters. The Morgan fingerprint density at radius 1 is 0.895 bits per heavy atom. The first kappa shape index (κ1) is 25.7. The van der Waals surface area contributed by atoms with Crippen LogP contribution in [0.4, 0.5) is 11.4 Å². The summed E-state index contributed by atoms with van der Waals surface area (Å²) >= 11 is 0. The monoisotopic (exact) mass is 529 g/mol. The zero-order chi connectivity index (χ0) is 26.7. The SMILES string of the molecule is CN(C)c1ccc(CN2CCN(C(=O)c3ccc(NS(=O)(=O)c4cccc5cccnc45)cc3)CC2)cc1. The lowest BCUT2D eigenvalue weighted by molar-refractivity contribution is 0.0628. The number of pyridine rings is 1. The molecule has 0 atom stereocenters. The van der Waals surface area contributed by atoms with E-state index in [0.29, 0.717) is 29.9 Å². The van der Waals surface area contributed by atoms with Crippen molar-refractivity contribution in [2.45, 2.75) is 11.4 Å². The largest absolute Gasteiger partial charge is 0.378 e. The van der Waals surface area contributed by atoms with Crippen LogP contribution in [0.15, 0.2) is 90.0 Å². The molecule has 1 saturated heterocycles. The lowest BCUT2D eigenvalue weighted by atomic mass is 10.1. The van der Waals surface area contributed by atoms with Crippen LogP contribution in [0.3, 0.4) is 0 Å². The van der Waals surface area contributed by atoms with Gasteiger partial charge in [0.2, 0.25) is 0 Å². The number of nitrogens with zero attached hydrogens (tertiary/aromatic N) is 4. The van der Waals surface area contributed by atoms with Crippen molar-refractivity contribution in [3.8, 4) is 0 Å². The summed E-state index contributed by atoms with van der Waals surface area (Å²) in [6.07, 6.45) is 1.57. The standard InChI is InChI=1S/C29H31N5O3S/c1-32(2)26-14-8-22(9-15-26)21-33-17-19-34(20-18-33)29(35)24-10-12-25(13-11-24)31-38(36,37)27-7-3-5-23-6-4-16-30-28(23)27/h3-16,31H,17-21H2,1-2H3. The molecule has 1 amide bonds. The van der Waals surface area contributed by atoms with Gasteiger partial charge in [0.15, 0.2) is 0 Å². The molecule has 0 spiro atoms. The van der Waals surface area contributed by atoms with Crippen LogP contribution >= 0.6 is 0 Å². The van der Waals surface area contributed by atoms with Gasteiger partial charge in [-0.2, -0.15) is 0 Å². The van der Waals surface area contributed by atoms with E-state index in [1.54, 1.807) is 42.6 Å². The first-order valence-electron chi connectivity index (χ1n) is 12.5. The van der Waals surface area contributed by atoms with Crippen molar-refractivity contribution in [1.82, 2.24) is 14.8 Å². The van der Waals surface area contributed by atoms with E-state index in [4.69, 9.17) is 0 Å². The lowest BCUT2D eigenvalue weighted by Gasteiger charge is -2.35. The van der Waals surface area contributed by atoms with Crippen LogP contribution in [-0.2, 0) is 16.6 Å². The predicted octanol–water partition coefficient (Wildman–Crippen LogP) is 4.06. The minimum atomic E-state index is -3.85. The van der Waals surface area contributed by atoms with E-state index in [2.05, 4.69) is 43.8 Å². The molecule has 1 N–H and O–H groups in total. The molecule has 1 fully saturated rings. The van der Waals surface area contributed by atoms with Crippen molar-refractivity contribution >= 4 is 38.2 Å². The maximum atomic E-state index is 13.1. The molecule has 9 heteroatoms. The maximum absolute atomic E-state index is 13.1. The lowest BCUT2D eigenvalue weighted by Crippen LogP contribution is -2.48. The molecule has 4 aromatic rings. The molecule has 1 aliphatic heterocycles. The van der Waals surface area contributed by atoms with Gasteiger partial charge in [-0.05, 0) is 54.1 Å². The van der Waals surface area contributed by atoms with Crippen LogP contribution in [0.5, 0.6) is 0 Å². The Hall–Kier alpha value is -3.95. The van der Waals surface area contributed by atoms with Gasteiger partial charge in [-0.3, -0.25) is 19.4 Å². The van der Waals surface area contributed by atoms with Crippen LogP contribution < -0.4 is 9.62 Å².